The fraction of sp³-hybridized carbons (Fsp3) is 0.538. The summed E-state index contributed by atoms with van der Waals surface area (Å²) in [5.41, 5.74) is 0. The van der Waals surface area contributed by atoms with Crippen LogP contribution in [0.5, 0.6) is 0 Å². The van der Waals surface area contributed by atoms with Crippen LogP contribution in [0.4, 0.5) is 0 Å². The van der Waals surface area contributed by atoms with E-state index in [-0.39, 0.29) is 1.43 Å². The Kier molecular flexibility index (Phi) is 12.4. The van der Waals surface area contributed by atoms with Gasteiger partial charge in [0.05, 0.1) is 6.61 Å². The molecule has 0 fully saturated rings. The minimum atomic E-state index is 0. The molecule has 0 aliphatic heterocycles. The Hall–Kier alpha value is -0.860. The molecular formula is C13H25NO. The van der Waals surface area contributed by atoms with Gasteiger partial charge in [-0.15, -0.1) is 0 Å². The van der Waals surface area contributed by atoms with Gasteiger partial charge in [0.2, 0.25) is 0 Å². The molecule has 0 rings (SSSR count). The number of unbranched alkanes of at least 4 members (excludes halogenated alkanes) is 2. The highest BCUT2D eigenvalue weighted by molar-refractivity contribution is 5.08. The molecule has 0 aromatic rings. The third-order valence-electron chi connectivity index (χ3n) is 1.95. The van der Waals surface area contributed by atoms with Gasteiger partial charge in [-0.1, -0.05) is 37.0 Å². The largest absolute Gasteiger partial charge is 0.383 e. The van der Waals surface area contributed by atoms with Crippen molar-refractivity contribution in [3.05, 3.63) is 37.0 Å². The molecule has 0 unspecified atom stereocenters. The highest BCUT2D eigenvalue weighted by Gasteiger charge is 1.86. The molecule has 1 N–H and O–H groups in total. The van der Waals surface area contributed by atoms with Gasteiger partial charge in [0.25, 0.3) is 0 Å². The molecule has 0 aliphatic carbocycles. The average molecular weight is 211 g/mol. The van der Waals surface area contributed by atoms with Crippen LogP contribution in [0.25, 0.3) is 0 Å². The maximum atomic E-state index is 4.94. The van der Waals surface area contributed by atoms with Gasteiger partial charge in [-0.2, -0.15) is 0 Å². The second kappa shape index (κ2) is 13.1. The molecular weight excluding hydrogens is 186 g/mol. The van der Waals surface area contributed by atoms with Crippen molar-refractivity contribution in [2.24, 2.45) is 0 Å². The first-order chi connectivity index (χ1) is 7.41. The molecule has 0 atom stereocenters. The molecule has 0 radical (unpaired) electrons. The zero-order valence-electron chi connectivity index (χ0n) is 9.74. The first-order valence-corrected chi connectivity index (χ1v) is 5.55. The average Bonchev–Trinajstić information content (AvgIpc) is 2.26. The maximum absolute atomic E-state index is 4.94. The number of rotatable bonds is 10. The van der Waals surface area contributed by atoms with Crippen molar-refractivity contribution in [2.75, 3.05) is 26.8 Å². The molecule has 0 amide bonds. The Labute approximate surface area is 95.2 Å². The number of allylic oxidation sites excluding steroid dienone is 5. The molecule has 0 aromatic heterocycles. The summed E-state index contributed by atoms with van der Waals surface area (Å²) in [6.07, 6.45) is 13.6. The van der Waals surface area contributed by atoms with Gasteiger partial charge in [-0.25, -0.2) is 0 Å². The van der Waals surface area contributed by atoms with Crippen LogP contribution in [0, 0.1) is 0 Å². The lowest BCUT2D eigenvalue weighted by molar-refractivity contribution is 0.199. The molecule has 0 aliphatic rings. The molecule has 88 valence electrons. The SMILES string of the molecule is C=C/C=C\C=C\CCCCNCCOC.[HH]. The van der Waals surface area contributed by atoms with Gasteiger partial charge in [0, 0.05) is 15.1 Å². The van der Waals surface area contributed by atoms with Gasteiger partial charge < -0.3 is 10.1 Å². The zero-order chi connectivity index (χ0) is 11.2. The van der Waals surface area contributed by atoms with Gasteiger partial charge in [0.1, 0.15) is 0 Å². The summed E-state index contributed by atoms with van der Waals surface area (Å²) < 4.78 is 4.94. The van der Waals surface area contributed by atoms with Crippen LogP contribution in [-0.4, -0.2) is 26.8 Å². The van der Waals surface area contributed by atoms with Crippen LogP contribution in [-0.2, 0) is 4.74 Å². The van der Waals surface area contributed by atoms with Crippen molar-refractivity contribution in [3.8, 4) is 0 Å². The summed E-state index contributed by atoms with van der Waals surface area (Å²) in [4.78, 5) is 0. The van der Waals surface area contributed by atoms with E-state index in [1.54, 1.807) is 13.2 Å². The monoisotopic (exact) mass is 211 g/mol. The van der Waals surface area contributed by atoms with E-state index in [0.29, 0.717) is 0 Å². The van der Waals surface area contributed by atoms with Gasteiger partial charge in [-0.3, -0.25) is 0 Å². The molecule has 15 heavy (non-hydrogen) atoms. The smallest absolute Gasteiger partial charge is 0.0587 e. The van der Waals surface area contributed by atoms with Crippen molar-refractivity contribution in [3.63, 3.8) is 0 Å². The summed E-state index contributed by atoms with van der Waals surface area (Å²) in [6.45, 7) is 6.44. The molecule has 0 bridgehead atoms. The second-order valence-electron chi connectivity index (χ2n) is 3.29. The van der Waals surface area contributed by atoms with Gasteiger partial charge >= 0.3 is 0 Å². The fourth-order valence-electron chi connectivity index (χ4n) is 1.13. The van der Waals surface area contributed by atoms with Crippen LogP contribution < -0.4 is 5.32 Å². The third kappa shape index (κ3) is 13.1. The summed E-state index contributed by atoms with van der Waals surface area (Å²) in [7, 11) is 1.73. The Morgan fingerprint density at radius 3 is 2.80 bits per heavy atom. The first kappa shape index (κ1) is 14.1. The molecule has 2 nitrogen and oxygen atoms in total. The van der Waals surface area contributed by atoms with E-state index in [1.807, 2.05) is 12.2 Å². The van der Waals surface area contributed by atoms with Crippen LogP contribution in [0.3, 0.4) is 0 Å². The summed E-state index contributed by atoms with van der Waals surface area (Å²) >= 11 is 0. The summed E-state index contributed by atoms with van der Waals surface area (Å²) in [5.74, 6) is 0. The van der Waals surface area contributed by atoms with Crippen LogP contribution in [0.2, 0.25) is 0 Å². The van der Waals surface area contributed by atoms with Crippen LogP contribution >= 0.6 is 0 Å². The van der Waals surface area contributed by atoms with E-state index < -0.39 is 0 Å². The summed E-state index contributed by atoms with van der Waals surface area (Å²) in [6, 6.07) is 0. The number of hydrogen-bond acceptors (Lipinski definition) is 2. The predicted molar refractivity (Wildman–Crippen MR) is 69.2 cm³/mol. The number of ether oxygens (including phenoxy) is 1. The van der Waals surface area contributed by atoms with E-state index in [0.717, 1.165) is 26.1 Å². The Bertz CT molecular complexity index is 190. The second-order valence-corrected chi connectivity index (χ2v) is 3.29. The van der Waals surface area contributed by atoms with Crippen molar-refractivity contribution < 1.29 is 6.16 Å². The predicted octanol–water partition coefficient (Wildman–Crippen LogP) is 2.94. The minimum Gasteiger partial charge on any atom is -0.383 e. The Morgan fingerprint density at radius 1 is 1.20 bits per heavy atom. The number of methoxy groups -OCH3 is 1. The molecule has 0 aromatic carbocycles. The topological polar surface area (TPSA) is 21.3 Å². The fourth-order valence-corrected chi connectivity index (χ4v) is 1.13. The lowest BCUT2D eigenvalue weighted by atomic mass is 10.2. The molecule has 0 saturated heterocycles. The molecule has 0 heterocycles. The minimum absolute atomic E-state index is 0. The zero-order valence-corrected chi connectivity index (χ0v) is 9.74. The van der Waals surface area contributed by atoms with Gasteiger partial charge in [0.15, 0.2) is 0 Å². The maximum Gasteiger partial charge on any atom is 0.0587 e. The van der Waals surface area contributed by atoms with Crippen molar-refractivity contribution >= 4 is 0 Å². The Morgan fingerprint density at radius 2 is 2.07 bits per heavy atom. The van der Waals surface area contributed by atoms with Crippen molar-refractivity contribution in [2.45, 2.75) is 19.3 Å². The van der Waals surface area contributed by atoms with E-state index >= 15 is 0 Å². The standard InChI is InChI=1S/C13H23NO.H2/c1-3-4-5-6-7-8-9-10-11-14-12-13-15-2;/h3-7,14H,1,8-13H2,2H3;1H/b5-4-,7-6+;. The first-order valence-electron chi connectivity index (χ1n) is 5.55. The highest BCUT2D eigenvalue weighted by atomic mass is 16.5. The lowest BCUT2D eigenvalue weighted by Gasteiger charge is -2.02. The van der Waals surface area contributed by atoms with Crippen LogP contribution in [0.15, 0.2) is 37.0 Å². The third-order valence-corrected chi connectivity index (χ3v) is 1.95. The highest BCUT2D eigenvalue weighted by Crippen LogP contribution is 1.95. The quantitative estimate of drug-likeness (QED) is 0.443. The lowest BCUT2D eigenvalue weighted by Crippen LogP contribution is -2.20. The van der Waals surface area contributed by atoms with Crippen molar-refractivity contribution in [1.82, 2.24) is 5.32 Å². The normalized spacial score (nSPS) is 11.5. The van der Waals surface area contributed by atoms with E-state index in [1.165, 1.54) is 12.8 Å². The van der Waals surface area contributed by atoms with E-state index in [9.17, 15) is 0 Å². The van der Waals surface area contributed by atoms with E-state index in [4.69, 9.17) is 4.74 Å². The molecule has 0 saturated carbocycles. The summed E-state index contributed by atoms with van der Waals surface area (Å²) in [5, 5.41) is 3.32. The Balaban J connectivity index is 0. The van der Waals surface area contributed by atoms with E-state index in [2.05, 4.69) is 24.0 Å². The number of hydrogen-bond donors (Lipinski definition) is 1. The van der Waals surface area contributed by atoms with Crippen molar-refractivity contribution in [1.29, 1.82) is 0 Å². The number of nitrogens with one attached hydrogen (secondary N) is 1. The molecule has 0 spiro atoms. The van der Waals surface area contributed by atoms with Crippen LogP contribution in [0.1, 0.15) is 20.7 Å². The molecule has 2 heteroatoms. The van der Waals surface area contributed by atoms with Gasteiger partial charge in [-0.05, 0) is 25.8 Å².